The van der Waals surface area contributed by atoms with Gasteiger partial charge in [-0.3, -0.25) is 4.79 Å². The Balaban J connectivity index is 2.96. The van der Waals surface area contributed by atoms with Gasteiger partial charge in [-0.15, -0.1) is 11.3 Å². The number of carboxylic acids is 1. The summed E-state index contributed by atoms with van der Waals surface area (Å²) in [4.78, 5) is 14.0. The van der Waals surface area contributed by atoms with Crippen molar-refractivity contribution in [2.75, 3.05) is 0 Å². The molecular formula is C8H8F3NO2S. The normalized spacial score (nSPS) is 13.9. The highest BCUT2D eigenvalue weighted by Crippen LogP contribution is 2.37. The number of thiazole rings is 1. The van der Waals surface area contributed by atoms with Gasteiger partial charge in [-0.1, -0.05) is 0 Å². The first-order valence-corrected chi connectivity index (χ1v) is 4.89. The lowest BCUT2D eigenvalue weighted by Crippen LogP contribution is -2.23. The van der Waals surface area contributed by atoms with Crippen LogP contribution < -0.4 is 0 Å². The number of aryl methyl sites for hydroxylation is 1. The molecule has 84 valence electrons. The van der Waals surface area contributed by atoms with E-state index in [0.29, 0.717) is 5.01 Å². The van der Waals surface area contributed by atoms with E-state index in [1.807, 2.05) is 0 Å². The van der Waals surface area contributed by atoms with Gasteiger partial charge in [0, 0.05) is 5.38 Å². The van der Waals surface area contributed by atoms with Crippen molar-refractivity contribution in [1.82, 2.24) is 4.98 Å². The number of halogens is 3. The van der Waals surface area contributed by atoms with Gasteiger partial charge >= 0.3 is 12.1 Å². The first kappa shape index (κ1) is 12.0. The van der Waals surface area contributed by atoms with Crippen LogP contribution in [-0.4, -0.2) is 22.2 Å². The highest BCUT2D eigenvalue weighted by atomic mass is 32.1. The van der Waals surface area contributed by atoms with E-state index in [1.54, 1.807) is 6.92 Å². The Morgan fingerprint density at radius 1 is 1.67 bits per heavy atom. The third-order valence-corrected chi connectivity index (χ3v) is 2.56. The maximum absolute atomic E-state index is 12.5. The minimum Gasteiger partial charge on any atom is -0.481 e. The van der Waals surface area contributed by atoms with E-state index in [0.717, 1.165) is 11.3 Å². The summed E-state index contributed by atoms with van der Waals surface area (Å²) in [6, 6.07) is 0. The summed E-state index contributed by atoms with van der Waals surface area (Å²) in [7, 11) is 0. The minimum atomic E-state index is -4.57. The number of aliphatic carboxylic acids is 1. The monoisotopic (exact) mass is 239 g/mol. The van der Waals surface area contributed by atoms with Gasteiger partial charge in [0.25, 0.3) is 0 Å². The third-order valence-electron chi connectivity index (χ3n) is 1.77. The molecule has 0 spiro atoms. The second kappa shape index (κ2) is 4.18. The highest BCUT2D eigenvalue weighted by molar-refractivity contribution is 7.09. The molecule has 1 aromatic heterocycles. The van der Waals surface area contributed by atoms with Gasteiger partial charge in [-0.05, 0) is 6.92 Å². The molecule has 0 bridgehead atoms. The van der Waals surface area contributed by atoms with Crippen molar-refractivity contribution in [3.8, 4) is 0 Å². The van der Waals surface area contributed by atoms with E-state index in [2.05, 4.69) is 4.98 Å². The first-order valence-electron chi connectivity index (χ1n) is 4.01. The second-order valence-corrected chi connectivity index (χ2v) is 4.05. The molecule has 1 N–H and O–H groups in total. The molecule has 0 saturated carbocycles. The van der Waals surface area contributed by atoms with Gasteiger partial charge in [0.2, 0.25) is 0 Å². The third kappa shape index (κ3) is 3.19. The van der Waals surface area contributed by atoms with E-state index >= 15 is 0 Å². The van der Waals surface area contributed by atoms with E-state index in [1.165, 1.54) is 5.38 Å². The smallest absolute Gasteiger partial charge is 0.397 e. The van der Waals surface area contributed by atoms with Crippen LogP contribution in [0.4, 0.5) is 13.2 Å². The van der Waals surface area contributed by atoms with E-state index in [-0.39, 0.29) is 5.69 Å². The Kier molecular flexibility index (Phi) is 3.33. The molecule has 0 aromatic carbocycles. The van der Waals surface area contributed by atoms with Crippen LogP contribution in [0.5, 0.6) is 0 Å². The zero-order valence-corrected chi connectivity index (χ0v) is 8.52. The molecule has 1 rings (SSSR count). The zero-order chi connectivity index (χ0) is 11.6. The maximum atomic E-state index is 12.5. The van der Waals surface area contributed by atoms with Crippen molar-refractivity contribution >= 4 is 17.3 Å². The molecule has 0 radical (unpaired) electrons. The summed E-state index contributed by atoms with van der Waals surface area (Å²) in [6.07, 6.45) is -5.55. The van der Waals surface area contributed by atoms with Crippen molar-refractivity contribution in [2.45, 2.75) is 25.4 Å². The number of rotatable bonds is 3. The molecule has 0 fully saturated rings. The Bertz CT molecular complexity index is 361. The van der Waals surface area contributed by atoms with Gasteiger partial charge in [0.05, 0.1) is 17.1 Å². The molecule has 1 heterocycles. The number of carboxylic acid groups (broad SMARTS) is 1. The summed E-state index contributed by atoms with van der Waals surface area (Å²) in [6.45, 7) is 1.57. The molecule has 7 heteroatoms. The Labute approximate surface area is 87.6 Å². The molecular weight excluding hydrogens is 231 g/mol. The molecule has 1 atom stereocenters. The number of nitrogens with zero attached hydrogens (tertiary/aromatic N) is 1. The molecule has 0 aliphatic heterocycles. The summed E-state index contributed by atoms with van der Waals surface area (Å²) in [5.41, 5.74) is -0.215. The van der Waals surface area contributed by atoms with Crippen LogP contribution in [0.3, 0.4) is 0 Å². The molecule has 1 aromatic rings. The number of hydrogen-bond acceptors (Lipinski definition) is 3. The molecule has 0 saturated heterocycles. The topological polar surface area (TPSA) is 50.2 Å². The van der Waals surface area contributed by atoms with Crippen molar-refractivity contribution in [2.24, 2.45) is 0 Å². The van der Waals surface area contributed by atoms with Crippen molar-refractivity contribution in [1.29, 1.82) is 0 Å². The van der Waals surface area contributed by atoms with Crippen LogP contribution in [0.1, 0.15) is 23.0 Å². The fourth-order valence-electron chi connectivity index (χ4n) is 1.10. The molecule has 3 nitrogen and oxygen atoms in total. The second-order valence-electron chi connectivity index (χ2n) is 2.98. The minimum absolute atomic E-state index is 0.215. The quantitative estimate of drug-likeness (QED) is 0.881. The van der Waals surface area contributed by atoms with Gasteiger partial charge in [0.15, 0.2) is 0 Å². The maximum Gasteiger partial charge on any atom is 0.397 e. The van der Waals surface area contributed by atoms with Gasteiger partial charge in [-0.2, -0.15) is 13.2 Å². The van der Waals surface area contributed by atoms with Gasteiger partial charge in [0.1, 0.15) is 5.92 Å². The van der Waals surface area contributed by atoms with Crippen LogP contribution in [-0.2, 0) is 4.79 Å². The fraction of sp³-hybridized carbons (Fsp3) is 0.500. The SMILES string of the molecule is Cc1nc(C(CC(=O)O)C(F)(F)F)cs1. The van der Waals surface area contributed by atoms with E-state index in [9.17, 15) is 18.0 Å². The molecule has 15 heavy (non-hydrogen) atoms. The van der Waals surface area contributed by atoms with Crippen LogP contribution in [0.15, 0.2) is 5.38 Å². The Morgan fingerprint density at radius 2 is 2.27 bits per heavy atom. The van der Waals surface area contributed by atoms with Crippen LogP contribution in [0.2, 0.25) is 0 Å². The van der Waals surface area contributed by atoms with Gasteiger partial charge in [-0.25, -0.2) is 4.98 Å². The van der Waals surface area contributed by atoms with Crippen molar-refractivity contribution < 1.29 is 23.1 Å². The fourth-order valence-corrected chi connectivity index (χ4v) is 1.77. The summed E-state index contributed by atoms with van der Waals surface area (Å²) >= 11 is 1.07. The number of carbonyl (C=O) groups is 1. The first-order chi connectivity index (χ1) is 6.80. The number of alkyl halides is 3. The Hall–Kier alpha value is -1.11. The lowest BCUT2D eigenvalue weighted by Gasteiger charge is -2.16. The van der Waals surface area contributed by atoms with Crippen LogP contribution in [0.25, 0.3) is 0 Å². The Morgan fingerprint density at radius 3 is 2.60 bits per heavy atom. The average molecular weight is 239 g/mol. The highest BCUT2D eigenvalue weighted by Gasteiger charge is 2.43. The van der Waals surface area contributed by atoms with E-state index < -0.39 is 24.5 Å². The lowest BCUT2D eigenvalue weighted by atomic mass is 10.0. The average Bonchev–Trinajstić information content (AvgIpc) is 2.45. The van der Waals surface area contributed by atoms with Crippen molar-refractivity contribution in [3.05, 3.63) is 16.1 Å². The van der Waals surface area contributed by atoms with Crippen molar-refractivity contribution in [3.63, 3.8) is 0 Å². The molecule has 0 aliphatic rings. The summed E-state index contributed by atoms with van der Waals surface area (Å²) in [5.74, 6) is -3.50. The molecule has 0 aliphatic carbocycles. The van der Waals surface area contributed by atoms with Crippen LogP contribution in [0, 0.1) is 6.92 Å². The van der Waals surface area contributed by atoms with E-state index in [4.69, 9.17) is 5.11 Å². The summed E-state index contributed by atoms with van der Waals surface area (Å²) in [5, 5.41) is 10.1. The van der Waals surface area contributed by atoms with Crippen LogP contribution >= 0.6 is 11.3 Å². The molecule has 0 amide bonds. The predicted molar refractivity (Wildman–Crippen MR) is 47.9 cm³/mol. The largest absolute Gasteiger partial charge is 0.481 e. The number of aromatic nitrogens is 1. The number of hydrogen-bond donors (Lipinski definition) is 1. The summed E-state index contributed by atoms with van der Waals surface area (Å²) < 4.78 is 37.4. The van der Waals surface area contributed by atoms with Gasteiger partial charge < -0.3 is 5.11 Å². The lowest BCUT2D eigenvalue weighted by molar-refractivity contribution is -0.163. The predicted octanol–water partition coefficient (Wildman–Crippen LogP) is 2.57. The zero-order valence-electron chi connectivity index (χ0n) is 7.71. The standard InChI is InChI=1S/C8H8F3NO2S/c1-4-12-6(3-15-4)5(2-7(13)14)8(9,10)11/h3,5H,2H2,1H3,(H,13,14). The molecule has 1 unspecified atom stereocenters.